The molecule has 4 nitrogen and oxygen atoms in total. The number of hydrogen-bond acceptors (Lipinski definition) is 2. The lowest BCUT2D eigenvalue weighted by atomic mass is 10.1. The molecule has 1 atom stereocenters. The third-order valence-electron chi connectivity index (χ3n) is 4.16. The van der Waals surface area contributed by atoms with Gasteiger partial charge in [0.15, 0.2) is 0 Å². The van der Waals surface area contributed by atoms with Crippen LogP contribution in [0, 0.1) is 18.7 Å². The third-order valence-corrected chi connectivity index (χ3v) is 4.16. The van der Waals surface area contributed by atoms with Gasteiger partial charge in [-0.2, -0.15) is 0 Å². The molecule has 5 heteroatoms. The molecule has 24 heavy (non-hydrogen) atoms. The second-order valence-electron chi connectivity index (χ2n) is 6.16. The molecule has 1 aliphatic rings. The minimum atomic E-state index is -0.363. The molecule has 1 fully saturated rings. The number of carbonyl (C=O) groups excluding carboxylic acids is 2. The van der Waals surface area contributed by atoms with Crippen LogP contribution in [0.1, 0.15) is 17.5 Å². The number of benzene rings is 2. The van der Waals surface area contributed by atoms with Crippen LogP contribution < -0.4 is 5.32 Å². The van der Waals surface area contributed by atoms with Crippen LogP contribution in [-0.2, 0) is 16.1 Å². The molecule has 1 saturated heterocycles. The van der Waals surface area contributed by atoms with E-state index < -0.39 is 0 Å². The van der Waals surface area contributed by atoms with Gasteiger partial charge in [0.05, 0.1) is 5.92 Å². The summed E-state index contributed by atoms with van der Waals surface area (Å²) >= 11 is 0. The summed E-state index contributed by atoms with van der Waals surface area (Å²) in [4.78, 5) is 26.2. The minimum absolute atomic E-state index is 0.0521. The maximum atomic E-state index is 12.9. The van der Waals surface area contributed by atoms with Gasteiger partial charge in [-0.1, -0.05) is 24.3 Å². The highest BCUT2D eigenvalue weighted by molar-refractivity contribution is 5.97. The molecule has 0 aliphatic carbocycles. The van der Waals surface area contributed by atoms with Crippen LogP contribution in [-0.4, -0.2) is 23.3 Å². The van der Waals surface area contributed by atoms with Crippen LogP contribution in [0.25, 0.3) is 0 Å². The second kappa shape index (κ2) is 6.83. The summed E-state index contributed by atoms with van der Waals surface area (Å²) in [5.41, 5.74) is 2.65. The lowest BCUT2D eigenvalue weighted by Crippen LogP contribution is -2.28. The molecule has 2 amide bonds. The Hall–Kier alpha value is -2.69. The number of likely N-dealkylation sites (tertiary alicyclic amines) is 1. The molecule has 1 N–H and O–H groups in total. The molecule has 0 spiro atoms. The number of anilines is 1. The molecule has 124 valence electrons. The van der Waals surface area contributed by atoms with Crippen LogP contribution in [0.2, 0.25) is 0 Å². The summed E-state index contributed by atoms with van der Waals surface area (Å²) in [7, 11) is 0. The van der Waals surface area contributed by atoms with E-state index in [1.165, 1.54) is 12.1 Å². The maximum absolute atomic E-state index is 12.9. The first-order chi connectivity index (χ1) is 11.5. The normalized spacial score (nSPS) is 17.2. The standard InChI is InChI=1S/C19H19FN2O2/c1-13-3-2-4-17(9-13)21-19(24)15-10-18(23)22(12-15)11-14-5-7-16(20)8-6-14/h2-9,15H,10-12H2,1H3,(H,21,24)/t15-/m1/s1. The lowest BCUT2D eigenvalue weighted by Gasteiger charge is -2.16. The Labute approximate surface area is 140 Å². The summed E-state index contributed by atoms with van der Waals surface area (Å²) in [6.07, 6.45) is 0.207. The molecule has 2 aromatic carbocycles. The van der Waals surface area contributed by atoms with E-state index in [0.717, 1.165) is 16.8 Å². The first kappa shape index (κ1) is 16.2. The van der Waals surface area contributed by atoms with Gasteiger partial charge in [-0.25, -0.2) is 4.39 Å². The molecule has 0 radical (unpaired) electrons. The van der Waals surface area contributed by atoms with E-state index >= 15 is 0 Å². The summed E-state index contributed by atoms with van der Waals surface area (Å²) in [6.45, 7) is 2.74. The predicted molar refractivity (Wildman–Crippen MR) is 89.7 cm³/mol. The highest BCUT2D eigenvalue weighted by Gasteiger charge is 2.34. The van der Waals surface area contributed by atoms with Gasteiger partial charge in [0.2, 0.25) is 11.8 Å². The van der Waals surface area contributed by atoms with Crippen molar-refractivity contribution in [1.82, 2.24) is 4.90 Å². The van der Waals surface area contributed by atoms with Gasteiger partial charge in [-0.15, -0.1) is 0 Å². The van der Waals surface area contributed by atoms with Crippen molar-refractivity contribution < 1.29 is 14.0 Å². The van der Waals surface area contributed by atoms with Crippen LogP contribution in [0.4, 0.5) is 10.1 Å². The van der Waals surface area contributed by atoms with Crippen molar-refractivity contribution >= 4 is 17.5 Å². The topological polar surface area (TPSA) is 49.4 Å². The van der Waals surface area contributed by atoms with Crippen molar-refractivity contribution in [3.8, 4) is 0 Å². The maximum Gasteiger partial charge on any atom is 0.229 e. The number of carbonyl (C=O) groups is 2. The van der Waals surface area contributed by atoms with Crippen molar-refractivity contribution in [1.29, 1.82) is 0 Å². The Bertz CT molecular complexity index is 758. The Morgan fingerprint density at radius 2 is 2.00 bits per heavy atom. The smallest absolute Gasteiger partial charge is 0.229 e. The quantitative estimate of drug-likeness (QED) is 0.938. The predicted octanol–water partition coefficient (Wildman–Crippen LogP) is 3.12. The Morgan fingerprint density at radius 1 is 1.25 bits per heavy atom. The van der Waals surface area contributed by atoms with Crippen molar-refractivity contribution in [3.63, 3.8) is 0 Å². The van der Waals surface area contributed by atoms with Gasteiger partial charge in [-0.05, 0) is 42.3 Å². The van der Waals surface area contributed by atoms with E-state index in [2.05, 4.69) is 5.32 Å². The zero-order valence-corrected chi connectivity index (χ0v) is 13.5. The van der Waals surface area contributed by atoms with Crippen molar-refractivity contribution in [2.24, 2.45) is 5.92 Å². The van der Waals surface area contributed by atoms with Gasteiger partial charge < -0.3 is 10.2 Å². The molecule has 1 aliphatic heterocycles. The molecule has 2 aromatic rings. The zero-order valence-electron chi connectivity index (χ0n) is 13.5. The average molecular weight is 326 g/mol. The van der Waals surface area contributed by atoms with Gasteiger partial charge in [0.25, 0.3) is 0 Å². The van der Waals surface area contributed by atoms with Crippen LogP contribution in [0.15, 0.2) is 48.5 Å². The number of nitrogens with one attached hydrogen (secondary N) is 1. The van der Waals surface area contributed by atoms with E-state index in [9.17, 15) is 14.0 Å². The third kappa shape index (κ3) is 3.79. The average Bonchev–Trinajstić information content (AvgIpc) is 2.91. The van der Waals surface area contributed by atoms with Crippen LogP contribution >= 0.6 is 0 Å². The van der Waals surface area contributed by atoms with Crippen LogP contribution in [0.3, 0.4) is 0 Å². The van der Waals surface area contributed by atoms with E-state index in [-0.39, 0.29) is 30.0 Å². The summed E-state index contributed by atoms with van der Waals surface area (Å²) < 4.78 is 12.9. The number of hydrogen-bond donors (Lipinski definition) is 1. The summed E-state index contributed by atoms with van der Waals surface area (Å²) in [6, 6.07) is 13.6. The number of nitrogens with zero attached hydrogens (tertiary/aromatic N) is 1. The second-order valence-corrected chi connectivity index (χ2v) is 6.16. The van der Waals surface area contributed by atoms with Gasteiger partial charge in [0, 0.05) is 25.2 Å². The van der Waals surface area contributed by atoms with Gasteiger partial charge >= 0.3 is 0 Å². The molecule has 0 saturated carbocycles. The highest BCUT2D eigenvalue weighted by atomic mass is 19.1. The largest absolute Gasteiger partial charge is 0.338 e. The van der Waals surface area contributed by atoms with Gasteiger partial charge in [0.1, 0.15) is 5.82 Å². The van der Waals surface area contributed by atoms with E-state index in [1.807, 2.05) is 31.2 Å². The molecule has 1 heterocycles. The fourth-order valence-corrected chi connectivity index (χ4v) is 2.88. The fourth-order valence-electron chi connectivity index (χ4n) is 2.88. The van der Waals surface area contributed by atoms with E-state index in [0.29, 0.717) is 13.1 Å². The zero-order chi connectivity index (χ0) is 17.1. The molecule has 3 rings (SSSR count). The Morgan fingerprint density at radius 3 is 2.71 bits per heavy atom. The number of rotatable bonds is 4. The van der Waals surface area contributed by atoms with E-state index in [1.54, 1.807) is 17.0 Å². The monoisotopic (exact) mass is 326 g/mol. The molecule has 0 unspecified atom stereocenters. The van der Waals surface area contributed by atoms with Crippen molar-refractivity contribution in [2.45, 2.75) is 19.9 Å². The summed E-state index contributed by atoms with van der Waals surface area (Å²) in [5.74, 6) is -0.861. The van der Waals surface area contributed by atoms with Crippen LogP contribution in [0.5, 0.6) is 0 Å². The van der Waals surface area contributed by atoms with Crippen molar-refractivity contribution in [3.05, 3.63) is 65.5 Å². The van der Waals surface area contributed by atoms with Crippen molar-refractivity contribution in [2.75, 3.05) is 11.9 Å². The first-order valence-corrected chi connectivity index (χ1v) is 7.91. The van der Waals surface area contributed by atoms with E-state index in [4.69, 9.17) is 0 Å². The highest BCUT2D eigenvalue weighted by Crippen LogP contribution is 2.22. The molecular formula is C19H19FN2O2. The Kier molecular flexibility index (Phi) is 4.60. The number of aryl methyl sites for hydroxylation is 1. The number of halogens is 1. The SMILES string of the molecule is Cc1cccc(NC(=O)[C@@H]2CC(=O)N(Cc3ccc(F)cc3)C2)c1. The Balaban J connectivity index is 1.61. The fraction of sp³-hybridized carbons (Fsp3) is 0.263. The van der Waals surface area contributed by atoms with Gasteiger partial charge in [-0.3, -0.25) is 9.59 Å². The first-order valence-electron chi connectivity index (χ1n) is 7.91. The minimum Gasteiger partial charge on any atom is -0.338 e. The molecular weight excluding hydrogens is 307 g/mol. The summed E-state index contributed by atoms with van der Waals surface area (Å²) in [5, 5.41) is 2.87. The number of amides is 2. The molecule has 0 aromatic heterocycles. The molecule has 0 bridgehead atoms. The lowest BCUT2D eigenvalue weighted by molar-refractivity contribution is -0.128.